The van der Waals surface area contributed by atoms with Gasteiger partial charge in [0.15, 0.2) is 0 Å². The van der Waals surface area contributed by atoms with E-state index >= 15 is 0 Å². The summed E-state index contributed by atoms with van der Waals surface area (Å²) in [5, 5.41) is 5.41. The first-order chi connectivity index (χ1) is 11.0. The van der Waals surface area contributed by atoms with Crippen molar-refractivity contribution < 1.29 is 14.0 Å². The normalized spacial score (nSPS) is 16.7. The van der Waals surface area contributed by atoms with Crippen LogP contribution in [0.2, 0.25) is 0 Å². The number of anilines is 1. The van der Waals surface area contributed by atoms with E-state index in [-0.39, 0.29) is 17.5 Å². The number of carbonyl (C=O) groups excluding carboxylic acids is 2. The molecule has 0 aromatic heterocycles. The van der Waals surface area contributed by atoms with Crippen molar-refractivity contribution in [3.05, 3.63) is 29.6 Å². The van der Waals surface area contributed by atoms with E-state index < -0.39 is 11.7 Å². The van der Waals surface area contributed by atoms with Gasteiger partial charge in [-0.2, -0.15) is 0 Å². The summed E-state index contributed by atoms with van der Waals surface area (Å²) in [6, 6.07) is 3.81. The number of benzene rings is 1. The molecule has 1 aliphatic rings. The van der Waals surface area contributed by atoms with Gasteiger partial charge < -0.3 is 16.4 Å². The Labute approximate surface area is 135 Å². The van der Waals surface area contributed by atoms with Crippen LogP contribution in [0.4, 0.5) is 10.1 Å². The molecule has 5 nitrogen and oxygen atoms in total. The quantitative estimate of drug-likeness (QED) is 0.778. The Bertz CT molecular complexity index is 571. The van der Waals surface area contributed by atoms with Gasteiger partial charge in [-0.25, -0.2) is 4.39 Å². The van der Waals surface area contributed by atoms with Crippen molar-refractivity contribution in [2.75, 3.05) is 11.9 Å². The van der Waals surface area contributed by atoms with Crippen LogP contribution in [0.15, 0.2) is 18.2 Å². The molecule has 0 spiro atoms. The van der Waals surface area contributed by atoms with Crippen molar-refractivity contribution in [1.29, 1.82) is 0 Å². The zero-order chi connectivity index (χ0) is 16.8. The van der Waals surface area contributed by atoms with Gasteiger partial charge >= 0.3 is 0 Å². The van der Waals surface area contributed by atoms with Gasteiger partial charge in [-0.15, -0.1) is 0 Å². The minimum Gasteiger partial charge on any atom is -0.348 e. The smallest absolute Gasteiger partial charge is 0.254 e. The highest BCUT2D eigenvalue weighted by Gasteiger charge is 2.25. The molecule has 0 bridgehead atoms. The van der Waals surface area contributed by atoms with Gasteiger partial charge in [0.05, 0.1) is 5.56 Å². The second-order valence-corrected chi connectivity index (χ2v) is 6.09. The highest BCUT2D eigenvalue weighted by Crippen LogP contribution is 2.26. The molecule has 4 N–H and O–H groups in total. The molecule has 23 heavy (non-hydrogen) atoms. The largest absolute Gasteiger partial charge is 0.348 e. The van der Waals surface area contributed by atoms with Crippen LogP contribution in [0.1, 0.15) is 49.4 Å². The molecule has 0 heterocycles. The van der Waals surface area contributed by atoms with Gasteiger partial charge in [0, 0.05) is 25.2 Å². The Kier molecular flexibility index (Phi) is 6.10. The zero-order valence-corrected chi connectivity index (χ0v) is 13.4. The monoisotopic (exact) mass is 321 g/mol. The fourth-order valence-electron chi connectivity index (χ4n) is 3.13. The first-order valence-electron chi connectivity index (χ1n) is 8.09. The van der Waals surface area contributed by atoms with E-state index in [1.807, 2.05) is 0 Å². The highest BCUT2D eigenvalue weighted by atomic mass is 19.1. The first-order valence-corrected chi connectivity index (χ1v) is 8.09. The zero-order valence-electron chi connectivity index (χ0n) is 13.4. The number of hydrogen-bond acceptors (Lipinski definition) is 3. The molecule has 0 aliphatic heterocycles. The van der Waals surface area contributed by atoms with E-state index in [9.17, 15) is 14.0 Å². The number of nitrogens with two attached hydrogens (primary N) is 1. The summed E-state index contributed by atoms with van der Waals surface area (Å²) >= 11 is 0. The first kappa shape index (κ1) is 17.4. The van der Waals surface area contributed by atoms with E-state index in [0.29, 0.717) is 18.2 Å². The Hall–Kier alpha value is -1.95. The van der Waals surface area contributed by atoms with Crippen LogP contribution in [0.25, 0.3) is 0 Å². The fraction of sp³-hybridized carbons (Fsp3) is 0.529. The standard InChI is InChI=1S/C17H24FN3O2/c1-11(22)20-13-7-8-15(18)14(9-13)17(23)21-16(10-19)12-5-3-2-4-6-12/h7-9,12,16H,2-6,10,19H2,1H3,(H,20,22)(H,21,23). The summed E-state index contributed by atoms with van der Waals surface area (Å²) in [4.78, 5) is 23.5. The lowest BCUT2D eigenvalue weighted by Crippen LogP contribution is -2.46. The molecule has 2 amide bonds. The highest BCUT2D eigenvalue weighted by molar-refractivity contribution is 5.97. The molecule has 1 fully saturated rings. The summed E-state index contributed by atoms with van der Waals surface area (Å²) in [6.07, 6.45) is 5.58. The van der Waals surface area contributed by atoms with Crippen molar-refractivity contribution in [2.45, 2.75) is 45.1 Å². The van der Waals surface area contributed by atoms with Crippen LogP contribution in [0.3, 0.4) is 0 Å². The average molecular weight is 321 g/mol. The van der Waals surface area contributed by atoms with Crippen LogP contribution in [-0.2, 0) is 4.79 Å². The van der Waals surface area contributed by atoms with Crippen LogP contribution in [0, 0.1) is 11.7 Å². The number of hydrogen-bond donors (Lipinski definition) is 3. The Morgan fingerprint density at radius 1 is 1.30 bits per heavy atom. The molecule has 1 aromatic carbocycles. The molecule has 6 heteroatoms. The van der Waals surface area contributed by atoms with Crippen molar-refractivity contribution in [3.8, 4) is 0 Å². The van der Waals surface area contributed by atoms with E-state index in [1.165, 1.54) is 31.5 Å². The Balaban J connectivity index is 2.10. The maximum atomic E-state index is 13.9. The van der Waals surface area contributed by atoms with E-state index in [0.717, 1.165) is 25.7 Å². The minimum absolute atomic E-state index is 0.0782. The van der Waals surface area contributed by atoms with Crippen molar-refractivity contribution in [3.63, 3.8) is 0 Å². The lowest BCUT2D eigenvalue weighted by atomic mass is 9.84. The van der Waals surface area contributed by atoms with Crippen molar-refractivity contribution in [1.82, 2.24) is 5.32 Å². The Morgan fingerprint density at radius 3 is 2.61 bits per heavy atom. The maximum Gasteiger partial charge on any atom is 0.254 e. The molecular formula is C17H24FN3O2. The van der Waals surface area contributed by atoms with Crippen LogP contribution < -0.4 is 16.4 Å². The lowest BCUT2D eigenvalue weighted by molar-refractivity contribution is -0.114. The number of carbonyl (C=O) groups is 2. The van der Waals surface area contributed by atoms with E-state index in [4.69, 9.17) is 5.73 Å². The molecular weight excluding hydrogens is 297 g/mol. The number of nitrogens with one attached hydrogen (secondary N) is 2. The van der Waals surface area contributed by atoms with Gasteiger partial charge in [0.1, 0.15) is 5.82 Å². The summed E-state index contributed by atoms with van der Waals surface area (Å²) in [5.74, 6) is -1.03. The number of halogens is 1. The van der Waals surface area contributed by atoms with Crippen molar-refractivity contribution >= 4 is 17.5 Å². The molecule has 1 aromatic rings. The number of rotatable bonds is 5. The van der Waals surface area contributed by atoms with Crippen LogP contribution in [0.5, 0.6) is 0 Å². The molecule has 1 unspecified atom stereocenters. The third-order valence-electron chi connectivity index (χ3n) is 4.32. The second-order valence-electron chi connectivity index (χ2n) is 6.09. The summed E-state index contributed by atoms with van der Waals surface area (Å²) < 4.78 is 13.9. The lowest BCUT2D eigenvalue weighted by Gasteiger charge is -2.30. The van der Waals surface area contributed by atoms with Crippen molar-refractivity contribution in [2.24, 2.45) is 11.7 Å². The predicted molar refractivity (Wildman–Crippen MR) is 87.6 cm³/mol. The third-order valence-corrected chi connectivity index (χ3v) is 4.32. The Morgan fingerprint density at radius 2 is 2.00 bits per heavy atom. The molecule has 2 rings (SSSR count). The van der Waals surface area contributed by atoms with E-state index in [1.54, 1.807) is 0 Å². The second kappa shape index (κ2) is 8.06. The predicted octanol–water partition coefficient (Wildman–Crippen LogP) is 2.42. The average Bonchev–Trinajstić information content (AvgIpc) is 2.54. The number of amides is 2. The molecule has 1 aliphatic carbocycles. The van der Waals surface area contributed by atoms with E-state index in [2.05, 4.69) is 10.6 Å². The molecule has 0 radical (unpaired) electrons. The van der Waals surface area contributed by atoms with Gasteiger partial charge in [-0.1, -0.05) is 19.3 Å². The molecule has 126 valence electrons. The van der Waals surface area contributed by atoms with Gasteiger partial charge in [-0.05, 0) is 37.0 Å². The summed E-state index contributed by atoms with van der Waals surface area (Å²) in [5.41, 5.74) is 6.11. The van der Waals surface area contributed by atoms with Crippen LogP contribution >= 0.6 is 0 Å². The molecule has 1 atom stereocenters. The topological polar surface area (TPSA) is 84.2 Å². The maximum absolute atomic E-state index is 13.9. The third kappa shape index (κ3) is 4.76. The van der Waals surface area contributed by atoms with Gasteiger partial charge in [-0.3, -0.25) is 9.59 Å². The minimum atomic E-state index is -0.615. The van der Waals surface area contributed by atoms with Crippen LogP contribution in [-0.4, -0.2) is 24.4 Å². The molecule has 0 saturated heterocycles. The van der Waals surface area contributed by atoms with Gasteiger partial charge in [0.2, 0.25) is 5.91 Å². The van der Waals surface area contributed by atoms with Gasteiger partial charge in [0.25, 0.3) is 5.91 Å². The fourth-order valence-corrected chi connectivity index (χ4v) is 3.13. The SMILES string of the molecule is CC(=O)Nc1ccc(F)c(C(=O)NC(CN)C2CCCCC2)c1. The summed E-state index contributed by atoms with van der Waals surface area (Å²) in [7, 11) is 0. The summed E-state index contributed by atoms with van der Waals surface area (Å²) in [6.45, 7) is 1.69. The molecule has 1 saturated carbocycles.